The fourth-order valence-electron chi connectivity index (χ4n) is 1.28. The van der Waals surface area contributed by atoms with Crippen molar-refractivity contribution in [3.63, 3.8) is 0 Å². The Morgan fingerprint density at radius 2 is 2.07 bits per heavy atom. The number of nitrogens with zero attached hydrogens (tertiary/aromatic N) is 2. The molecule has 1 unspecified atom stereocenters. The average Bonchev–Trinajstić information content (AvgIpc) is 2.42. The highest BCUT2D eigenvalue weighted by Crippen LogP contribution is 2.37. The van der Waals surface area contributed by atoms with Crippen LogP contribution in [0.2, 0.25) is 5.15 Å². The van der Waals surface area contributed by atoms with Gasteiger partial charge in [0.25, 0.3) is 0 Å². The van der Waals surface area contributed by atoms with Crippen LogP contribution >= 0.6 is 11.6 Å². The normalized spacial score (nSPS) is 14.3. The maximum atomic E-state index is 12.6. The number of halogens is 4. The summed E-state index contributed by atoms with van der Waals surface area (Å²) in [7, 11) is 1.37. The van der Waals surface area contributed by atoms with E-state index in [1.807, 2.05) is 0 Å². The summed E-state index contributed by atoms with van der Waals surface area (Å²) >= 11 is 5.74. The lowest BCUT2D eigenvalue weighted by Crippen LogP contribution is -2.15. The van der Waals surface area contributed by atoms with Gasteiger partial charge >= 0.3 is 6.18 Å². The summed E-state index contributed by atoms with van der Waals surface area (Å²) in [6.07, 6.45) is -4.50. The fraction of sp³-hybridized carbons (Fsp3) is 0.625. The van der Waals surface area contributed by atoms with Crippen LogP contribution < -0.4 is 5.73 Å². The van der Waals surface area contributed by atoms with E-state index in [4.69, 9.17) is 17.3 Å². The van der Waals surface area contributed by atoms with Gasteiger partial charge in [0.1, 0.15) is 5.15 Å². The Hall–Kier alpha value is -0.750. The maximum Gasteiger partial charge on any atom is 0.435 e. The van der Waals surface area contributed by atoms with Crippen LogP contribution in [0.15, 0.2) is 0 Å². The Balaban J connectivity index is 3.34. The van der Waals surface area contributed by atoms with Crippen molar-refractivity contribution in [1.29, 1.82) is 0 Å². The summed E-state index contributed by atoms with van der Waals surface area (Å²) in [6, 6.07) is 0. The van der Waals surface area contributed by atoms with Gasteiger partial charge in [-0.05, 0) is 12.5 Å². The minimum Gasteiger partial charge on any atom is -0.330 e. The summed E-state index contributed by atoms with van der Waals surface area (Å²) in [5.41, 5.74) is 4.35. The van der Waals surface area contributed by atoms with E-state index in [1.54, 1.807) is 6.92 Å². The van der Waals surface area contributed by atoms with Crippen molar-refractivity contribution in [3.05, 3.63) is 16.4 Å². The molecule has 1 heterocycles. The Bertz CT molecular complexity index is 359. The van der Waals surface area contributed by atoms with E-state index in [1.165, 1.54) is 7.05 Å². The van der Waals surface area contributed by atoms with Crippen molar-refractivity contribution in [2.24, 2.45) is 12.8 Å². The summed E-state index contributed by atoms with van der Waals surface area (Å²) in [4.78, 5) is 0. The van der Waals surface area contributed by atoms with E-state index in [0.29, 0.717) is 0 Å². The molecule has 1 aromatic rings. The Labute approximate surface area is 90.0 Å². The number of hydrogen-bond acceptors (Lipinski definition) is 2. The molecule has 0 saturated carbocycles. The van der Waals surface area contributed by atoms with Crippen LogP contribution in [-0.4, -0.2) is 16.3 Å². The predicted molar refractivity (Wildman–Crippen MR) is 50.7 cm³/mol. The number of hydrogen-bond donors (Lipinski definition) is 1. The molecule has 0 radical (unpaired) electrons. The zero-order chi connectivity index (χ0) is 11.8. The lowest BCUT2D eigenvalue weighted by molar-refractivity contribution is -0.142. The highest BCUT2D eigenvalue weighted by atomic mass is 35.5. The van der Waals surface area contributed by atoms with E-state index in [9.17, 15) is 13.2 Å². The topological polar surface area (TPSA) is 43.8 Å². The lowest BCUT2D eigenvalue weighted by atomic mass is 10.0. The van der Waals surface area contributed by atoms with E-state index >= 15 is 0 Å². The molecule has 2 N–H and O–H groups in total. The first kappa shape index (κ1) is 12.3. The van der Waals surface area contributed by atoms with Crippen molar-refractivity contribution in [3.8, 4) is 0 Å². The second kappa shape index (κ2) is 4.02. The Morgan fingerprint density at radius 3 is 2.47 bits per heavy atom. The summed E-state index contributed by atoms with van der Waals surface area (Å²) in [5.74, 6) is -0.470. The number of aryl methyl sites for hydroxylation is 1. The molecule has 7 heteroatoms. The molecule has 0 saturated heterocycles. The van der Waals surface area contributed by atoms with E-state index in [2.05, 4.69) is 5.10 Å². The molecule has 15 heavy (non-hydrogen) atoms. The van der Waals surface area contributed by atoms with Crippen molar-refractivity contribution in [2.75, 3.05) is 6.54 Å². The minimum atomic E-state index is -4.50. The highest BCUT2D eigenvalue weighted by Gasteiger charge is 2.39. The van der Waals surface area contributed by atoms with Gasteiger partial charge in [-0.1, -0.05) is 18.5 Å². The third kappa shape index (κ3) is 2.26. The third-order valence-electron chi connectivity index (χ3n) is 2.13. The van der Waals surface area contributed by atoms with Crippen molar-refractivity contribution in [1.82, 2.24) is 9.78 Å². The van der Waals surface area contributed by atoms with E-state index in [0.717, 1.165) is 4.68 Å². The Morgan fingerprint density at radius 1 is 1.53 bits per heavy atom. The second-order valence-corrected chi connectivity index (χ2v) is 3.67. The largest absolute Gasteiger partial charge is 0.435 e. The smallest absolute Gasteiger partial charge is 0.330 e. The van der Waals surface area contributed by atoms with Gasteiger partial charge in [0.2, 0.25) is 0 Å². The first-order chi connectivity index (χ1) is 6.79. The number of rotatable bonds is 2. The van der Waals surface area contributed by atoms with Crippen molar-refractivity contribution in [2.45, 2.75) is 19.0 Å². The molecule has 3 nitrogen and oxygen atoms in total. The molecule has 1 atom stereocenters. The van der Waals surface area contributed by atoms with Crippen LogP contribution in [0.5, 0.6) is 0 Å². The van der Waals surface area contributed by atoms with Gasteiger partial charge in [-0.25, -0.2) is 0 Å². The van der Waals surface area contributed by atoms with Crippen molar-refractivity contribution >= 4 is 11.6 Å². The molecular formula is C8H11ClF3N3. The summed E-state index contributed by atoms with van der Waals surface area (Å²) in [5, 5.41) is 3.34. The molecule has 1 aromatic heterocycles. The van der Waals surface area contributed by atoms with Crippen LogP contribution in [-0.2, 0) is 13.2 Å². The molecular weight excluding hydrogens is 231 g/mol. The molecule has 0 aliphatic rings. The van der Waals surface area contributed by atoms with Crippen molar-refractivity contribution < 1.29 is 13.2 Å². The minimum absolute atomic E-state index is 0.0136. The van der Waals surface area contributed by atoms with Gasteiger partial charge in [0.15, 0.2) is 5.69 Å². The van der Waals surface area contributed by atoms with Crippen LogP contribution in [0.4, 0.5) is 13.2 Å². The molecule has 1 rings (SSSR count). The Kier molecular flexibility index (Phi) is 3.30. The SMILES string of the molecule is CC(CN)c1c(C(F)(F)F)nn(C)c1Cl. The van der Waals surface area contributed by atoms with Gasteiger partial charge in [-0.3, -0.25) is 4.68 Å². The van der Waals surface area contributed by atoms with Gasteiger partial charge in [-0.15, -0.1) is 0 Å². The van der Waals surface area contributed by atoms with Gasteiger partial charge in [-0.2, -0.15) is 18.3 Å². The average molecular weight is 242 g/mol. The van der Waals surface area contributed by atoms with Crippen LogP contribution in [0.1, 0.15) is 24.1 Å². The zero-order valence-corrected chi connectivity index (χ0v) is 9.02. The number of alkyl halides is 3. The zero-order valence-electron chi connectivity index (χ0n) is 8.27. The molecule has 0 amide bonds. The maximum absolute atomic E-state index is 12.6. The molecule has 86 valence electrons. The molecule has 0 bridgehead atoms. The second-order valence-electron chi connectivity index (χ2n) is 3.31. The third-order valence-corrected chi connectivity index (χ3v) is 2.57. The summed E-state index contributed by atoms with van der Waals surface area (Å²) < 4.78 is 38.7. The quantitative estimate of drug-likeness (QED) is 0.862. The molecule has 0 fully saturated rings. The molecule has 0 aliphatic carbocycles. The summed E-state index contributed by atoms with van der Waals surface area (Å²) in [6.45, 7) is 1.67. The van der Waals surface area contributed by atoms with Crippen LogP contribution in [0, 0.1) is 0 Å². The first-order valence-electron chi connectivity index (χ1n) is 4.28. The molecule has 0 spiro atoms. The molecule has 0 aliphatic heterocycles. The fourth-order valence-corrected chi connectivity index (χ4v) is 1.60. The number of aromatic nitrogens is 2. The lowest BCUT2D eigenvalue weighted by Gasteiger charge is -2.11. The first-order valence-corrected chi connectivity index (χ1v) is 4.66. The molecule has 0 aromatic carbocycles. The van der Waals surface area contributed by atoms with Crippen LogP contribution in [0.25, 0.3) is 0 Å². The van der Waals surface area contributed by atoms with E-state index in [-0.39, 0.29) is 17.3 Å². The van der Waals surface area contributed by atoms with Crippen LogP contribution in [0.3, 0.4) is 0 Å². The predicted octanol–water partition coefficient (Wildman–Crippen LogP) is 2.15. The van der Waals surface area contributed by atoms with Gasteiger partial charge in [0, 0.05) is 12.6 Å². The van der Waals surface area contributed by atoms with Gasteiger partial charge < -0.3 is 5.73 Å². The van der Waals surface area contributed by atoms with E-state index < -0.39 is 17.8 Å². The number of nitrogens with two attached hydrogens (primary N) is 1. The standard InChI is InChI=1S/C8H11ClF3N3/c1-4(3-13)5-6(8(10,11)12)14-15(2)7(5)9/h4H,3,13H2,1-2H3. The monoisotopic (exact) mass is 241 g/mol. The van der Waals surface area contributed by atoms with Gasteiger partial charge in [0.05, 0.1) is 0 Å². The highest BCUT2D eigenvalue weighted by molar-refractivity contribution is 6.30.